The number of nitrogens with zero attached hydrogens (tertiary/aromatic N) is 2. The molecule has 0 aromatic heterocycles. The van der Waals surface area contributed by atoms with Crippen LogP contribution in [-0.2, 0) is 0 Å². The van der Waals surface area contributed by atoms with E-state index in [0.717, 1.165) is 6.42 Å². The number of hydrogen-bond donors (Lipinski definition) is 0. The van der Waals surface area contributed by atoms with Crippen LogP contribution in [0.1, 0.15) is 34.1 Å². The number of carbonyl (C=O) groups excluding carboxylic acids is 2. The van der Waals surface area contributed by atoms with Gasteiger partial charge < -0.3 is 19.3 Å². The largest absolute Gasteiger partial charge is 0.493 e. The normalized spacial score (nSPS) is 13.9. The number of rotatable bonds is 6. The average molecular weight is 435 g/mol. The molecule has 2 amide bonds. The number of carbonyl (C=O) groups is 2. The van der Waals surface area contributed by atoms with E-state index in [9.17, 15) is 14.0 Å². The summed E-state index contributed by atoms with van der Waals surface area (Å²) in [6.45, 7) is 4.04. The number of halogens is 2. The molecular weight excluding hydrogens is 411 g/mol. The highest BCUT2D eigenvalue weighted by atomic mass is 35.5. The van der Waals surface area contributed by atoms with Gasteiger partial charge in [-0.2, -0.15) is 0 Å². The highest BCUT2D eigenvalue weighted by molar-refractivity contribution is 6.32. The molecule has 2 aromatic carbocycles. The quantitative estimate of drug-likeness (QED) is 0.692. The third-order valence-electron chi connectivity index (χ3n) is 4.87. The molecule has 0 spiro atoms. The fourth-order valence-electron chi connectivity index (χ4n) is 3.26. The molecular formula is C22H24ClFN2O4. The molecule has 0 unspecified atom stereocenters. The molecule has 1 saturated heterocycles. The van der Waals surface area contributed by atoms with Crippen molar-refractivity contribution in [2.24, 2.45) is 0 Å². The lowest BCUT2D eigenvalue weighted by Gasteiger charge is -2.35. The summed E-state index contributed by atoms with van der Waals surface area (Å²) in [7, 11) is 1.50. The molecule has 0 radical (unpaired) electrons. The first kappa shape index (κ1) is 21.9. The lowest BCUT2D eigenvalue weighted by atomic mass is 10.1. The minimum Gasteiger partial charge on any atom is -0.493 e. The molecule has 30 heavy (non-hydrogen) atoms. The number of hydrogen-bond acceptors (Lipinski definition) is 4. The lowest BCUT2D eigenvalue weighted by Crippen LogP contribution is -2.50. The Balaban J connectivity index is 1.67. The van der Waals surface area contributed by atoms with Crippen LogP contribution in [0.25, 0.3) is 0 Å². The van der Waals surface area contributed by atoms with Crippen molar-refractivity contribution in [3.8, 4) is 11.5 Å². The van der Waals surface area contributed by atoms with Crippen molar-refractivity contribution in [2.75, 3.05) is 39.9 Å². The molecule has 2 aromatic rings. The molecule has 160 valence electrons. The van der Waals surface area contributed by atoms with Gasteiger partial charge in [0.2, 0.25) is 0 Å². The Morgan fingerprint density at radius 2 is 1.57 bits per heavy atom. The van der Waals surface area contributed by atoms with Crippen LogP contribution in [0.2, 0.25) is 5.02 Å². The minimum atomic E-state index is -0.387. The first-order chi connectivity index (χ1) is 14.4. The van der Waals surface area contributed by atoms with Crippen molar-refractivity contribution < 1.29 is 23.5 Å². The fourth-order valence-corrected chi connectivity index (χ4v) is 3.52. The molecule has 1 aliphatic rings. The van der Waals surface area contributed by atoms with E-state index >= 15 is 0 Å². The predicted octanol–water partition coefficient (Wildman–Crippen LogP) is 3.87. The van der Waals surface area contributed by atoms with Gasteiger partial charge in [-0.05, 0) is 42.8 Å². The summed E-state index contributed by atoms with van der Waals surface area (Å²) in [6, 6.07) is 8.65. The van der Waals surface area contributed by atoms with Crippen LogP contribution in [0.5, 0.6) is 11.5 Å². The third-order valence-corrected chi connectivity index (χ3v) is 5.15. The summed E-state index contributed by atoms with van der Waals surface area (Å²) in [5.41, 5.74) is 0.828. The summed E-state index contributed by atoms with van der Waals surface area (Å²) in [4.78, 5) is 28.8. The summed E-state index contributed by atoms with van der Waals surface area (Å²) in [5, 5.41) is 0.316. The highest BCUT2D eigenvalue weighted by Crippen LogP contribution is 2.37. The van der Waals surface area contributed by atoms with Gasteiger partial charge in [0.05, 0.1) is 18.7 Å². The van der Waals surface area contributed by atoms with Gasteiger partial charge >= 0.3 is 0 Å². The van der Waals surface area contributed by atoms with E-state index in [4.69, 9.17) is 21.1 Å². The summed E-state index contributed by atoms with van der Waals surface area (Å²) in [5.74, 6) is 0.0780. The molecule has 3 rings (SSSR count). The van der Waals surface area contributed by atoms with Crippen molar-refractivity contribution in [1.82, 2.24) is 9.80 Å². The van der Waals surface area contributed by atoms with Crippen LogP contribution >= 0.6 is 11.6 Å². The number of methoxy groups -OCH3 is 1. The first-order valence-electron chi connectivity index (χ1n) is 9.79. The maximum atomic E-state index is 13.1. The van der Waals surface area contributed by atoms with Gasteiger partial charge in [-0.25, -0.2) is 4.39 Å². The average Bonchev–Trinajstić information content (AvgIpc) is 2.77. The predicted molar refractivity (Wildman–Crippen MR) is 112 cm³/mol. The van der Waals surface area contributed by atoms with E-state index in [1.165, 1.54) is 31.4 Å². The fraction of sp³-hybridized carbons (Fsp3) is 0.364. The summed E-state index contributed by atoms with van der Waals surface area (Å²) in [6.07, 6.45) is 0.821. The summed E-state index contributed by atoms with van der Waals surface area (Å²) >= 11 is 6.32. The molecule has 0 atom stereocenters. The van der Waals surface area contributed by atoms with Gasteiger partial charge in [0.1, 0.15) is 5.82 Å². The molecule has 0 saturated carbocycles. The highest BCUT2D eigenvalue weighted by Gasteiger charge is 2.27. The van der Waals surface area contributed by atoms with E-state index in [2.05, 4.69) is 0 Å². The van der Waals surface area contributed by atoms with Gasteiger partial charge in [0.25, 0.3) is 11.8 Å². The second-order valence-corrected chi connectivity index (χ2v) is 7.34. The Kier molecular flexibility index (Phi) is 7.15. The Hall–Kier alpha value is -2.80. The van der Waals surface area contributed by atoms with Crippen molar-refractivity contribution in [3.05, 3.63) is 58.4 Å². The molecule has 0 N–H and O–H groups in total. The van der Waals surface area contributed by atoms with Crippen LogP contribution < -0.4 is 9.47 Å². The minimum absolute atomic E-state index is 0.177. The Labute approximate surface area is 180 Å². The van der Waals surface area contributed by atoms with E-state index in [1.807, 2.05) is 6.92 Å². The van der Waals surface area contributed by atoms with Gasteiger partial charge in [-0.15, -0.1) is 0 Å². The Morgan fingerprint density at radius 3 is 2.10 bits per heavy atom. The first-order valence-corrected chi connectivity index (χ1v) is 10.2. The van der Waals surface area contributed by atoms with Crippen molar-refractivity contribution in [1.29, 1.82) is 0 Å². The number of benzene rings is 2. The maximum Gasteiger partial charge on any atom is 0.254 e. The van der Waals surface area contributed by atoms with Crippen molar-refractivity contribution in [3.63, 3.8) is 0 Å². The molecule has 0 aliphatic carbocycles. The van der Waals surface area contributed by atoms with E-state index < -0.39 is 0 Å². The molecule has 1 aliphatic heterocycles. The van der Waals surface area contributed by atoms with Crippen LogP contribution in [-0.4, -0.2) is 61.5 Å². The zero-order valence-electron chi connectivity index (χ0n) is 17.0. The maximum absolute atomic E-state index is 13.1. The van der Waals surface area contributed by atoms with Crippen LogP contribution in [0.4, 0.5) is 4.39 Å². The van der Waals surface area contributed by atoms with Crippen LogP contribution in [0.15, 0.2) is 36.4 Å². The number of piperazine rings is 1. The van der Waals surface area contributed by atoms with E-state index in [0.29, 0.717) is 60.4 Å². The van der Waals surface area contributed by atoms with Crippen LogP contribution in [0, 0.1) is 5.82 Å². The Bertz CT molecular complexity index is 912. The standard InChI is InChI=1S/C22H24ClFN2O4/c1-3-12-30-20-18(23)13-16(14-19(20)29-2)22(28)26-10-8-25(9-11-26)21(27)15-4-6-17(24)7-5-15/h4-7,13-14H,3,8-12H2,1-2H3. The third kappa shape index (κ3) is 4.84. The molecule has 6 nitrogen and oxygen atoms in total. The van der Waals surface area contributed by atoms with Crippen LogP contribution in [0.3, 0.4) is 0 Å². The zero-order chi connectivity index (χ0) is 21.7. The Morgan fingerprint density at radius 1 is 1.00 bits per heavy atom. The van der Waals surface area contributed by atoms with Crippen molar-refractivity contribution in [2.45, 2.75) is 13.3 Å². The molecule has 8 heteroatoms. The van der Waals surface area contributed by atoms with Gasteiger partial charge in [0, 0.05) is 37.3 Å². The van der Waals surface area contributed by atoms with E-state index in [-0.39, 0.29) is 17.6 Å². The topological polar surface area (TPSA) is 59.1 Å². The van der Waals surface area contributed by atoms with Gasteiger partial charge in [-0.3, -0.25) is 9.59 Å². The van der Waals surface area contributed by atoms with E-state index in [1.54, 1.807) is 21.9 Å². The smallest absolute Gasteiger partial charge is 0.254 e. The molecule has 1 heterocycles. The second-order valence-electron chi connectivity index (χ2n) is 6.93. The second kappa shape index (κ2) is 9.80. The van der Waals surface area contributed by atoms with Crippen molar-refractivity contribution >= 4 is 23.4 Å². The number of ether oxygens (including phenoxy) is 2. The van der Waals surface area contributed by atoms with Gasteiger partial charge in [-0.1, -0.05) is 18.5 Å². The summed E-state index contributed by atoms with van der Waals surface area (Å²) < 4.78 is 24.0. The molecule has 1 fully saturated rings. The molecule has 0 bridgehead atoms. The number of amides is 2. The monoisotopic (exact) mass is 434 g/mol. The SMILES string of the molecule is CCCOc1c(Cl)cc(C(=O)N2CCN(C(=O)c3ccc(F)cc3)CC2)cc1OC. The van der Waals surface area contributed by atoms with Gasteiger partial charge in [0.15, 0.2) is 11.5 Å². The lowest BCUT2D eigenvalue weighted by molar-refractivity contribution is 0.0535. The zero-order valence-corrected chi connectivity index (χ0v) is 17.7.